The second-order valence-electron chi connectivity index (χ2n) is 7.46. The first kappa shape index (κ1) is 21.5. The van der Waals surface area contributed by atoms with Crippen LogP contribution in [0.2, 0.25) is 0 Å². The van der Waals surface area contributed by atoms with Crippen LogP contribution in [0.25, 0.3) is 11.7 Å². The van der Waals surface area contributed by atoms with Crippen LogP contribution >= 0.6 is 24.0 Å². The first-order chi connectivity index (χ1) is 15.0. The highest BCUT2D eigenvalue weighted by Gasteiger charge is 2.32. The summed E-state index contributed by atoms with van der Waals surface area (Å²) in [5.74, 6) is -0.628. The van der Waals surface area contributed by atoms with E-state index >= 15 is 0 Å². The maximum absolute atomic E-state index is 13.3. The minimum absolute atomic E-state index is 0.0365. The van der Waals surface area contributed by atoms with Gasteiger partial charge in [0.15, 0.2) is 0 Å². The van der Waals surface area contributed by atoms with Gasteiger partial charge in [-0.25, -0.2) is 4.98 Å². The molecule has 2 aromatic rings. The third-order valence-electron chi connectivity index (χ3n) is 5.33. The van der Waals surface area contributed by atoms with E-state index in [-0.39, 0.29) is 24.4 Å². The van der Waals surface area contributed by atoms with Gasteiger partial charge in [-0.15, -0.1) is 0 Å². The summed E-state index contributed by atoms with van der Waals surface area (Å²) in [6.07, 6.45) is 6.74. The monoisotopic (exact) mass is 458 g/mol. The van der Waals surface area contributed by atoms with Gasteiger partial charge in [-0.05, 0) is 43.9 Å². The Hall–Kier alpha value is -2.72. The molecular weight excluding hydrogens is 436 g/mol. The first-order valence-corrected chi connectivity index (χ1v) is 11.4. The fourth-order valence-corrected chi connectivity index (χ4v) is 5.07. The Labute approximate surface area is 188 Å². The predicted octanol–water partition coefficient (Wildman–Crippen LogP) is 2.75. The van der Waals surface area contributed by atoms with Crippen molar-refractivity contribution in [1.29, 1.82) is 0 Å². The number of thiocarbonyl (C=S) groups is 1. The molecule has 0 atom stereocenters. The number of aliphatic carboxylic acids is 1. The summed E-state index contributed by atoms with van der Waals surface area (Å²) in [6, 6.07) is 5.40. The fourth-order valence-electron chi connectivity index (χ4n) is 3.78. The van der Waals surface area contributed by atoms with Crippen LogP contribution in [0.15, 0.2) is 34.1 Å². The first-order valence-electron chi connectivity index (χ1n) is 10.2. The van der Waals surface area contributed by atoms with Crippen LogP contribution in [-0.2, 0) is 9.59 Å². The molecule has 2 aliphatic rings. The average Bonchev–Trinajstić information content (AvgIpc) is 3.03. The SMILES string of the molecule is O=C(O)CCCN1C(=O)C(=Cc2c(N3CCCCC3)nc3ccccn3c2=O)SC1=S. The molecule has 4 rings (SSSR count). The molecule has 10 heteroatoms. The molecule has 0 unspecified atom stereocenters. The second-order valence-corrected chi connectivity index (χ2v) is 9.14. The molecule has 4 heterocycles. The lowest BCUT2D eigenvalue weighted by Gasteiger charge is -2.29. The van der Waals surface area contributed by atoms with Gasteiger partial charge in [0.25, 0.3) is 11.5 Å². The van der Waals surface area contributed by atoms with Gasteiger partial charge in [-0.3, -0.25) is 23.7 Å². The molecular formula is C21H22N4O4S2. The number of carbonyl (C=O) groups is 2. The molecule has 0 aliphatic carbocycles. The average molecular weight is 459 g/mol. The van der Waals surface area contributed by atoms with Gasteiger partial charge in [-0.1, -0.05) is 30.0 Å². The predicted molar refractivity (Wildman–Crippen MR) is 124 cm³/mol. The van der Waals surface area contributed by atoms with E-state index in [0.29, 0.717) is 32.7 Å². The van der Waals surface area contributed by atoms with Gasteiger partial charge in [0.05, 0.1) is 10.5 Å². The number of rotatable bonds is 6. The molecule has 2 aromatic heterocycles. The Morgan fingerprint density at radius 2 is 2.00 bits per heavy atom. The molecule has 0 spiro atoms. The van der Waals surface area contributed by atoms with E-state index in [1.165, 1.54) is 9.30 Å². The largest absolute Gasteiger partial charge is 0.481 e. The van der Waals surface area contributed by atoms with Crippen LogP contribution in [0, 0.1) is 0 Å². The lowest BCUT2D eigenvalue weighted by atomic mass is 10.1. The summed E-state index contributed by atoms with van der Waals surface area (Å²) >= 11 is 6.46. The summed E-state index contributed by atoms with van der Waals surface area (Å²) in [5.41, 5.74) is 0.699. The second kappa shape index (κ2) is 9.19. The number of amides is 1. The zero-order chi connectivity index (χ0) is 22.0. The Morgan fingerprint density at radius 3 is 2.74 bits per heavy atom. The van der Waals surface area contributed by atoms with E-state index in [1.807, 2.05) is 6.07 Å². The van der Waals surface area contributed by atoms with E-state index in [1.54, 1.807) is 24.4 Å². The highest BCUT2D eigenvalue weighted by molar-refractivity contribution is 8.26. The molecule has 2 fully saturated rings. The Balaban J connectivity index is 1.73. The van der Waals surface area contributed by atoms with Crippen molar-refractivity contribution in [3.63, 3.8) is 0 Å². The number of carboxylic acids is 1. The molecule has 1 N–H and O–H groups in total. The number of nitrogens with zero attached hydrogens (tertiary/aromatic N) is 4. The van der Waals surface area contributed by atoms with Crippen LogP contribution < -0.4 is 10.5 Å². The lowest BCUT2D eigenvalue weighted by Crippen LogP contribution is -2.33. The highest BCUT2D eigenvalue weighted by atomic mass is 32.2. The van der Waals surface area contributed by atoms with Gasteiger partial charge in [0.2, 0.25) is 0 Å². The maximum atomic E-state index is 13.3. The van der Waals surface area contributed by atoms with Crippen molar-refractivity contribution in [2.24, 2.45) is 0 Å². The quantitative estimate of drug-likeness (QED) is 0.522. The molecule has 31 heavy (non-hydrogen) atoms. The summed E-state index contributed by atoms with van der Waals surface area (Å²) in [5, 5.41) is 8.84. The molecule has 8 nitrogen and oxygen atoms in total. The van der Waals surface area contributed by atoms with Crippen LogP contribution in [0.3, 0.4) is 0 Å². The Kier molecular flexibility index (Phi) is 6.38. The van der Waals surface area contributed by atoms with Gasteiger partial charge in [-0.2, -0.15) is 0 Å². The van der Waals surface area contributed by atoms with Crippen molar-refractivity contribution in [2.75, 3.05) is 24.5 Å². The van der Waals surface area contributed by atoms with Crippen molar-refractivity contribution in [3.05, 3.63) is 45.2 Å². The number of carbonyl (C=O) groups excluding carboxylic acids is 1. The van der Waals surface area contributed by atoms with Gasteiger partial charge >= 0.3 is 5.97 Å². The van der Waals surface area contributed by atoms with Crippen LogP contribution in [0.4, 0.5) is 5.82 Å². The number of carboxylic acid groups (broad SMARTS) is 1. The molecule has 0 saturated carbocycles. The van der Waals surface area contributed by atoms with Crippen molar-refractivity contribution in [2.45, 2.75) is 32.1 Å². The minimum atomic E-state index is -0.914. The zero-order valence-corrected chi connectivity index (χ0v) is 18.5. The van der Waals surface area contributed by atoms with Gasteiger partial charge in [0.1, 0.15) is 15.8 Å². The standard InChI is InChI=1S/C21H22N4O4S2/c26-17(27)8-6-12-25-20(29)15(31-21(25)30)13-14-18(23-9-3-1-4-10-23)22-16-7-2-5-11-24(16)19(14)28/h2,5,7,11,13H,1,3-4,6,8-10,12H2,(H,26,27). The number of pyridine rings is 1. The van der Waals surface area contributed by atoms with E-state index in [4.69, 9.17) is 22.3 Å². The summed E-state index contributed by atoms with van der Waals surface area (Å²) in [6.45, 7) is 1.86. The number of hydrogen-bond donors (Lipinski definition) is 1. The number of hydrogen-bond acceptors (Lipinski definition) is 7. The normalized spacial score (nSPS) is 18.4. The number of anilines is 1. The van der Waals surface area contributed by atoms with E-state index in [9.17, 15) is 14.4 Å². The Bertz CT molecular complexity index is 1140. The maximum Gasteiger partial charge on any atom is 0.303 e. The van der Waals surface area contributed by atoms with Crippen molar-refractivity contribution < 1.29 is 14.7 Å². The van der Waals surface area contributed by atoms with Gasteiger partial charge < -0.3 is 10.0 Å². The van der Waals surface area contributed by atoms with Crippen LogP contribution in [-0.4, -0.2) is 55.2 Å². The number of aromatic nitrogens is 2. The van der Waals surface area contributed by atoms with E-state index < -0.39 is 5.97 Å². The minimum Gasteiger partial charge on any atom is -0.481 e. The molecule has 0 aromatic carbocycles. The number of piperidine rings is 1. The zero-order valence-electron chi connectivity index (χ0n) is 16.8. The van der Waals surface area contributed by atoms with Gasteiger partial charge in [0, 0.05) is 32.3 Å². The third kappa shape index (κ3) is 4.49. The van der Waals surface area contributed by atoms with Crippen molar-refractivity contribution in [1.82, 2.24) is 14.3 Å². The summed E-state index contributed by atoms with van der Waals surface area (Å²) < 4.78 is 1.85. The smallest absolute Gasteiger partial charge is 0.303 e. The molecule has 2 aliphatic heterocycles. The van der Waals surface area contributed by atoms with E-state index in [0.717, 1.165) is 44.1 Å². The van der Waals surface area contributed by atoms with Crippen molar-refractivity contribution in [3.8, 4) is 0 Å². The lowest BCUT2D eigenvalue weighted by molar-refractivity contribution is -0.137. The number of thioether (sulfide) groups is 1. The highest BCUT2D eigenvalue weighted by Crippen LogP contribution is 2.34. The molecule has 0 bridgehead atoms. The molecule has 2 saturated heterocycles. The van der Waals surface area contributed by atoms with Crippen LogP contribution in [0.5, 0.6) is 0 Å². The fraction of sp³-hybridized carbons (Fsp3) is 0.381. The van der Waals surface area contributed by atoms with Crippen LogP contribution in [0.1, 0.15) is 37.7 Å². The Morgan fingerprint density at radius 1 is 1.23 bits per heavy atom. The van der Waals surface area contributed by atoms with Crippen molar-refractivity contribution >= 4 is 57.7 Å². The third-order valence-corrected chi connectivity index (χ3v) is 6.70. The molecule has 0 radical (unpaired) electrons. The topological polar surface area (TPSA) is 95.2 Å². The number of fused-ring (bicyclic) bond motifs is 1. The summed E-state index contributed by atoms with van der Waals surface area (Å²) in [7, 11) is 0. The van der Waals surface area contributed by atoms with E-state index in [2.05, 4.69) is 4.90 Å². The molecule has 162 valence electrons. The molecule has 1 amide bonds. The summed E-state index contributed by atoms with van der Waals surface area (Å²) in [4.78, 5) is 45.6.